The van der Waals surface area contributed by atoms with Crippen LogP contribution in [-0.2, 0) is 9.53 Å². The lowest BCUT2D eigenvalue weighted by Crippen LogP contribution is -2.18. The van der Waals surface area contributed by atoms with Crippen LogP contribution in [0.25, 0.3) is 0 Å². The average molecular weight is 286 g/mol. The molecular weight excluding hydrogens is 268 g/mol. The minimum Gasteiger partial charge on any atom is -0.460 e. The third kappa shape index (κ3) is 3.56. The summed E-state index contributed by atoms with van der Waals surface area (Å²) in [5.41, 5.74) is 1.45. The number of imidazole rings is 1. The van der Waals surface area contributed by atoms with Crippen LogP contribution in [0, 0.1) is 5.92 Å². The summed E-state index contributed by atoms with van der Waals surface area (Å²) in [5.74, 6) is -0.777. The smallest absolute Gasteiger partial charge is 0.356 e. The molecule has 5 nitrogen and oxygen atoms in total. The molecule has 2 unspecified atom stereocenters. The molecule has 2 rings (SSSR count). The van der Waals surface area contributed by atoms with Crippen LogP contribution in [0.1, 0.15) is 35.9 Å². The second-order valence-electron chi connectivity index (χ2n) is 4.98. The zero-order valence-corrected chi connectivity index (χ0v) is 12.1. The van der Waals surface area contributed by atoms with E-state index < -0.39 is 5.97 Å². The molecule has 0 aliphatic carbocycles. The van der Waals surface area contributed by atoms with E-state index in [9.17, 15) is 9.59 Å². The Morgan fingerprint density at radius 2 is 2.05 bits per heavy atom. The predicted molar refractivity (Wildman–Crippen MR) is 78.0 cm³/mol. The molecular formula is C16H18N2O3. The topological polar surface area (TPSA) is 61.2 Å². The molecule has 0 radical (unpaired) electrons. The molecule has 110 valence electrons. The Hall–Kier alpha value is -2.43. The van der Waals surface area contributed by atoms with Gasteiger partial charge in [-0.2, -0.15) is 0 Å². The van der Waals surface area contributed by atoms with E-state index in [1.165, 1.54) is 6.20 Å². The summed E-state index contributed by atoms with van der Waals surface area (Å²) < 4.78 is 6.90. The molecule has 0 saturated heterocycles. The van der Waals surface area contributed by atoms with Gasteiger partial charge in [0.15, 0.2) is 0 Å². The SMILES string of the molecule is CC(C=O)COC(=O)c1cncn1C(C)c1ccccc1. The minimum atomic E-state index is -0.469. The Bertz CT molecular complexity index is 607. The number of carbonyl (C=O) groups excluding carboxylic acids is 2. The maximum atomic E-state index is 12.1. The molecule has 0 fully saturated rings. The molecule has 0 saturated carbocycles. The molecule has 0 bridgehead atoms. The second-order valence-corrected chi connectivity index (χ2v) is 4.98. The van der Waals surface area contributed by atoms with Gasteiger partial charge in [0, 0.05) is 5.92 Å². The van der Waals surface area contributed by atoms with Gasteiger partial charge in [-0.3, -0.25) is 0 Å². The van der Waals surface area contributed by atoms with Gasteiger partial charge in [0.25, 0.3) is 0 Å². The molecule has 5 heteroatoms. The first-order valence-electron chi connectivity index (χ1n) is 6.82. The summed E-state index contributed by atoms with van der Waals surface area (Å²) >= 11 is 0. The Labute approximate surface area is 123 Å². The van der Waals surface area contributed by atoms with Crippen molar-refractivity contribution in [3.05, 3.63) is 54.1 Å². The summed E-state index contributed by atoms with van der Waals surface area (Å²) in [7, 11) is 0. The number of aromatic nitrogens is 2. The van der Waals surface area contributed by atoms with Gasteiger partial charge in [-0.15, -0.1) is 0 Å². The molecule has 21 heavy (non-hydrogen) atoms. The van der Waals surface area contributed by atoms with Crippen molar-refractivity contribution in [3.63, 3.8) is 0 Å². The third-order valence-electron chi connectivity index (χ3n) is 3.28. The van der Waals surface area contributed by atoms with E-state index >= 15 is 0 Å². The van der Waals surface area contributed by atoms with Gasteiger partial charge >= 0.3 is 5.97 Å². The van der Waals surface area contributed by atoms with Gasteiger partial charge in [-0.05, 0) is 12.5 Å². The maximum Gasteiger partial charge on any atom is 0.356 e. The van der Waals surface area contributed by atoms with Crippen molar-refractivity contribution in [2.45, 2.75) is 19.9 Å². The van der Waals surface area contributed by atoms with Gasteiger partial charge < -0.3 is 14.1 Å². The standard InChI is InChI=1S/C16H18N2O3/c1-12(9-19)10-21-16(20)15-8-17-11-18(15)13(2)14-6-4-3-5-7-14/h3-9,11-13H,10H2,1-2H3. The number of nitrogens with zero attached hydrogens (tertiary/aromatic N) is 2. The number of esters is 1. The van der Waals surface area contributed by atoms with Crippen molar-refractivity contribution in [3.8, 4) is 0 Å². The molecule has 1 aromatic carbocycles. The van der Waals surface area contributed by atoms with Crippen molar-refractivity contribution in [2.75, 3.05) is 6.61 Å². The zero-order valence-electron chi connectivity index (χ0n) is 12.1. The lowest BCUT2D eigenvalue weighted by molar-refractivity contribution is -0.111. The first kappa shape index (κ1) is 15.0. The van der Waals surface area contributed by atoms with Gasteiger partial charge in [-0.25, -0.2) is 9.78 Å². The van der Waals surface area contributed by atoms with Crippen LogP contribution in [0.3, 0.4) is 0 Å². The summed E-state index contributed by atoms with van der Waals surface area (Å²) in [6.45, 7) is 3.76. The molecule has 0 aliphatic heterocycles. The first-order chi connectivity index (χ1) is 10.1. The van der Waals surface area contributed by atoms with Crippen LogP contribution in [-0.4, -0.2) is 28.4 Å². The highest BCUT2D eigenvalue weighted by Crippen LogP contribution is 2.19. The Morgan fingerprint density at radius 1 is 1.33 bits per heavy atom. The summed E-state index contributed by atoms with van der Waals surface area (Å²) in [5, 5.41) is 0. The van der Waals surface area contributed by atoms with Crippen molar-refractivity contribution >= 4 is 12.3 Å². The molecule has 0 aliphatic rings. The van der Waals surface area contributed by atoms with Gasteiger partial charge in [-0.1, -0.05) is 37.3 Å². The molecule has 0 spiro atoms. The molecule has 2 atom stereocenters. The van der Waals surface area contributed by atoms with Crippen molar-refractivity contribution in [1.82, 2.24) is 9.55 Å². The Balaban J connectivity index is 2.15. The molecule has 0 N–H and O–H groups in total. The normalized spacial score (nSPS) is 13.4. The molecule has 1 heterocycles. The maximum absolute atomic E-state index is 12.1. The predicted octanol–water partition coefficient (Wildman–Crippen LogP) is 2.48. The van der Waals surface area contributed by atoms with E-state index in [0.717, 1.165) is 11.8 Å². The Kier molecular flexibility index (Phi) is 4.87. The van der Waals surface area contributed by atoms with Gasteiger partial charge in [0.2, 0.25) is 0 Å². The highest BCUT2D eigenvalue weighted by atomic mass is 16.5. The van der Waals surface area contributed by atoms with Crippen LogP contribution in [0.2, 0.25) is 0 Å². The largest absolute Gasteiger partial charge is 0.460 e. The van der Waals surface area contributed by atoms with Crippen molar-refractivity contribution in [2.24, 2.45) is 5.92 Å². The van der Waals surface area contributed by atoms with E-state index in [1.807, 2.05) is 37.3 Å². The Morgan fingerprint density at radius 3 is 2.71 bits per heavy atom. The lowest BCUT2D eigenvalue weighted by atomic mass is 10.1. The fraction of sp³-hybridized carbons (Fsp3) is 0.312. The number of aldehydes is 1. The fourth-order valence-corrected chi connectivity index (χ4v) is 1.98. The van der Waals surface area contributed by atoms with E-state index in [1.54, 1.807) is 17.8 Å². The summed E-state index contributed by atoms with van der Waals surface area (Å²) in [4.78, 5) is 26.7. The lowest BCUT2D eigenvalue weighted by Gasteiger charge is -2.16. The van der Waals surface area contributed by atoms with Gasteiger partial charge in [0.1, 0.15) is 18.6 Å². The quantitative estimate of drug-likeness (QED) is 0.604. The van der Waals surface area contributed by atoms with E-state index in [4.69, 9.17) is 4.74 Å². The van der Waals surface area contributed by atoms with E-state index in [0.29, 0.717) is 5.69 Å². The van der Waals surface area contributed by atoms with Crippen LogP contribution >= 0.6 is 0 Å². The van der Waals surface area contributed by atoms with Crippen LogP contribution in [0.5, 0.6) is 0 Å². The first-order valence-corrected chi connectivity index (χ1v) is 6.82. The van der Waals surface area contributed by atoms with E-state index in [-0.39, 0.29) is 18.6 Å². The van der Waals surface area contributed by atoms with Crippen molar-refractivity contribution < 1.29 is 14.3 Å². The van der Waals surface area contributed by atoms with E-state index in [2.05, 4.69) is 4.98 Å². The number of hydrogen-bond donors (Lipinski definition) is 0. The number of ether oxygens (including phenoxy) is 1. The summed E-state index contributed by atoms with van der Waals surface area (Å²) in [6, 6.07) is 9.81. The molecule has 0 amide bonds. The molecule has 1 aromatic heterocycles. The van der Waals surface area contributed by atoms with Crippen molar-refractivity contribution in [1.29, 1.82) is 0 Å². The zero-order chi connectivity index (χ0) is 15.2. The monoisotopic (exact) mass is 286 g/mol. The van der Waals surface area contributed by atoms with Gasteiger partial charge in [0.05, 0.1) is 18.6 Å². The number of benzene rings is 1. The second kappa shape index (κ2) is 6.83. The minimum absolute atomic E-state index is 0.0280. The number of hydrogen-bond acceptors (Lipinski definition) is 4. The average Bonchev–Trinajstić information content (AvgIpc) is 3.01. The van der Waals surface area contributed by atoms with Crippen LogP contribution in [0.4, 0.5) is 0 Å². The van der Waals surface area contributed by atoms with Crippen LogP contribution in [0.15, 0.2) is 42.9 Å². The summed E-state index contributed by atoms with van der Waals surface area (Å²) in [6.07, 6.45) is 3.85. The number of rotatable bonds is 6. The fourth-order valence-electron chi connectivity index (χ4n) is 1.98. The van der Waals surface area contributed by atoms with Crippen LogP contribution < -0.4 is 0 Å². The molecule has 2 aromatic rings. The third-order valence-corrected chi connectivity index (χ3v) is 3.28. The highest BCUT2D eigenvalue weighted by molar-refractivity contribution is 5.87. The highest BCUT2D eigenvalue weighted by Gasteiger charge is 2.18. The number of carbonyl (C=O) groups is 2.